The Morgan fingerprint density at radius 1 is 1.08 bits per heavy atom. The van der Waals surface area contributed by atoms with Gasteiger partial charge in [0.2, 0.25) is 5.91 Å². The molecule has 0 aliphatic carbocycles. The molecule has 0 spiro atoms. The maximum Gasteiger partial charge on any atom is 0.223 e. The van der Waals surface area contributed by atoms with Crippen LogP contribution in [0.2, 0.25) is 0 Å². The highest BCUT2D eigenvalue weighted by molar-refractivity contribution is 5.76. The first-order valence-corrected chi connectivity index (χ1v) is 8.89. The molecule has 5 heteroatoms. The van der Waals surface area contributed by atoms with E-state index in [4.69, 9.17) is 0 Å². The molecule has 134 valence electrons. The van der Waals surface area contributed by atoms with Gasteiger partial charge in [-0.1, -0.05) is 42.5 Å². The summed E-state index contributed by atoms with van der Waals surface area (Å²) in [6, 6.07) is 19.1. The summed E-state index contributed by atoms with van der Waals surface area (Å²) in [4.78, 5) is 16.5. The second-order valence-electron chi connectivity index (χ2n) is 6.61. The van der Waals surface area contributed by atoms with Crippen molar-refractivity contribution in [3.63, 3.8) is 0 Å². The summed E-state index contributed by atoms with van der Waals surface area (Å²) in [7, 11) is 0. The van der Waals surface area contributed by atoms with Gasteiger partial charge in [-0.2, -0.15) is 5.26 Å². The molecule has 1 heterocycles. The average Bonchev–Trinajstić information content (AvgIpc) is 2.68. The molecule has 1 amide bonds. The highest BCUT2D eigenvalue weighted by Crippen LogP contribution is 2.16. The third-order valence-corrected chi connectivity index (χ3v) is 4.79. The standard InChI is InChI=1S/C21H23N3O2/c22-14-19-16-24(13-12-23(19)15-18-4-2-1-3-5-18)21(26)11-8-17-6-9-20(25)10-7-17/h1-7,9-10,19,25H,8,11-13,15-16H2/t19-/m1/s1. The lowest BCUT2D eigenvalue weighted by Crippen LogP contribution is -2.53. The van der Waals surface area contributed by atoms with E-state index in [1.165, 1.54) is 5.56 Å². The minimum atomic E-state index is -0.276. The van der Waals surface area contributed by atoms with Gasteiger partial charge in [0.15, 0.2) is 0 Å². The van der Waals surface area contributed by atoms with Gasteiger partial charge in [0.25, 0.3) is 0 Å². The predicted molar refractivity (Wildman–Crippen MR) is 99.3 cm³/mol. The van der Waals surface area contributed by atoms with Crippen LogP contribution in [0.15, 0.2) is 54.6 Å². The van der Waals surface area contributed by atoms with Crippen LogP contribution in [-0.2, 0) is 17.8 Å². The summed E-state index contributed by atoms with van der Waals surface area (Å²) in [5.74, 6) is 0.309. The quantitative estimate of drug-likeness (QED) is 0.901. The van der Waals surface area contributed by atoms with Crippen LogP contribution in [-0.4, -0.2) is 46.5 Å². The third kappa shape index (κ3) is 4.62. The van der Waals surface area contributed by atoms with Crippen molar-refractivity contribution in [2.45, 2.75) is 25.4 Å². The van der Waals surface area contributed by atoms with Gasteiger partial charge in [-0.3, -0.25) is 9.69 Å². The number of nitriles is 1. The van der Waals surface area contributed by atoms with Crippen molar-refractivity contribution in [2.75, 3.05) is 19.6 Å². The van der Waals surface area contributed by atoms with E-state index in [1.54, 1.807) is 17.0 Å². The van der Waals surface area contributed by atoms with Crippen LogP contribution in [0.4, 0.5) is 0 Å². The van der Waals surface area contributed by atoms with Crippen LogP contribution in [0, 0.1) is 11.3 Å². The highest BCUT2D eigenvalue weighted by Gasteiger charge is 2.29. The van der Waals surface area contributed by atoms with E-state index in [2.05, 4.69) is 23.1 Å². The van der Waals surface area contributed by atoms with Crippen LogP contribution in [0.3, 0.4) is 0 Å². The van der Waals surface area contributed by atoms with Crippen molar-refractivity contribution in [1.82, 2.24) is 9.80 Å². The molecule has 1 aliphatic heterocycles. The fraction of sp³-hybridized carbons (Fsp3) is 0.333. The Hall–Kier alpha value is -2.84. The molecule has 2 aromatic rings. The summed E-state index contributed by atoms with van der Waals surface area (Å²) in [5.41, 5.74) is 2.20. The molecule has 1 saturated heterocycles. The first kappa shape index (κ1) is 18.0. The molecule has 3 rings (SSSR count). The van der Waals surface area contributed by atoms with E-state index in [0.717, 1.165) is 12.1 Å². The van der Waals surface area contributed by atoms with E-state index in [9.17, 15) is 15.2 Å². The second-order valence-corrected chi connectivity index (χ2v) is 6.61. The number of carbonyl (C=O) groups excluding carboxylic acids is 1. The molecule has 1 fully saturated rings. The molecule has 1 N–H and O–H groups in total. The monoisotopic (exact) mass is 349 g/mol. The van der Waals surface area contributed by atoms with E-state index < -0.39 is 0 Å². The first-order valence-electron chi connectivity index (χ1n) is 8.89. The smallest absolute Gasteiger partial charge is 0.223 e. The molecule has 0 saturated carbocycles. The van der Waals surface area contributed by atoms with E-state index >= 15 is 0 Å². The minimum Gasteiger partial charge on any atom is -0.508 e. The molecular weight excluding hydrogens is 326 g/mol. The van der Waals surface area contributed by atoms with Crippen molar-refractivity contribution < 1.29 is 9.90 Å². The Morgan fingerprint density at radius 2 is 1.81 bits per heavy atom. The zero-order chi connectivity index (χ0) is 18.4. The number of phenolic OH excluding ortho intramolecular Hbond substituents is 1. The Balaban J connectivity index is 1.53. The first-order chi connectivity index (χ1) is 12.7. The molecule has 0 radical (unpaired) electrons. The SMILES string of the molecule is N#C[C@@H]1CN(C(=O)CCc2ccc(O)cc2)CCN1Cc1ccccc1. The molecular formula is C21H23N3O2. The maximum absolute atomic E-state index is 12.5. The van der Waals surface area contributed by atoms with Crippen molar-refractivity contribution >= 4 is 5.91 Å². The number of hydrogen-bond acceptors (Lipinski definition) is 4. The van der Waals surface area contributed by atoms with Gasteiger partial charge in [0.05, 0.1) is 6.07 Å². The maximum atomic E-state index is 12.5. The van der Waals surface area contributed by atoms with Gasteiger partial charge in [0.1, 0.15) is 11.8 Å². The van der Waals surface area contributed by atoms with Crippen molar-refractivity contribution in [3.05, 3.63) is 65.7 Å². The van der Waals surface area contributed by atoms with E-state index in [1.807, 2.05) is 30.3 Å². The van der Waals surface area contributed by atoms with Crippen molar-refractivity contribution in [2.24, 2.45) is 0 Å². The fourth-order valence-corrected chi connectivity index (χ4v) is 3.25. The zero-order valence-corrected chi connectivity index (χ0v) is 14.7. The summed E-state index contributed by atoms with van der Waals surface area (Å²) >= 11 is 0. The number of phenols is 1. The molecule has 0 aromatic heterocycles. The number of hydrogen-bond donors (Lipinski definition) is 1. The van der Waals surface area contributed by atoms with Crippen LogP contribution in [0.5, 0.6) is 5.75 Å². The number of nitrogens with zero attached hydrogens (tertiary/aromatic N) is 3. The van der Waals surface area contributed by atoms with Gasteiger partial charge in [-0.25, -0.2) is 0 Å². The highest BCUT2D eigenvalue weighted by atomic mass is 16.3. The normalized spacial score (nSPS) is 17.7. The number of rotatable bonds is 5. The molecule has 2 aromatic carbocycles. The Bertz CT molecular complexity index is 768. The van der Waals surface area contributed by atoms with Gasteiger partial charge < -0.3 is 10.0 Å². The van der Waals surface area contributed by atoms with Crippen LogP contribution in [0.25, 0.3) is 0 Å². The minimum absolute atomic E-state index is 0.0812. The summed E-state index contributed by atoms with van der Waals surface area (Å²) in [6.07, 6.45) is 1.06. The lowest BCUT2D eigenvalue weighted by molar-refractivity contribution is -0.133. The number of carbonyl (C=O) groups is 1. The number of amides is 1. The average molecular weight is 349 g/mol. The summed E-state index contributed by atoms with van der Waals surface area (Å²) < 4.78 is 0. The fourth-order valence-electron chi connectivity index (χ4n) is 3.25. The number of aryl methyl sites for hydroxylation is 1. The van der Waals surface area contributed by atoms with Crippen LogP contribution < -0.4 is 0 Å². The zero-order valence-electron chi connectivity index (χ0n) is 14.7. The van der Waals surface area contributed by atoms with E-state index in [0.29, 0.717) is 32.5 Å². The Morgan fingerprint density at radius 3 is 2.50 bits per heavy atom. The van der Waals surface area contributed by atoms with Gasteiger partial charge in [-0.15, -0.1) is 0 Å². The summed E-state index contributed by atoms with van der Waals surface area (Å²) in [6.45, 7) is 2.55. The second kappa shape index (κ2) is 8.50. The lowest BCUT2D eigenvalue weighted by Gasteiger charge is -2.38. The Labute approximate surface area is 154 Å². The predicted octanol–water partition coefficient (Wildman–Crippen LogP) is 2.56. The van der Waals surface area contributed by atoms with Crippen molar-refractivity contribution in [3.8, 4) is 11.8 Å². The molecule has 0 unspecified atom stereocenters. The number of aromatic hydroxyl groups is 1. The third-order valence-electron chi connectivity index (χ3n) is 4.79. The van der Waals surface area contributed by atoms with Crippen molar-refractivity contribution in [1.29, 1.82) is 5.26 Å². The molecule has 1 atom stereocenters. The largest absolute Gasteiger partial charge is 0.508 e. The van der Waals surface area contributed by atoms with Crippen LogP contribution >= 0.6 is 0 Å². The Kier molecular flexibility index (Phi) is 5.88. The van der Waals surface area contributed by atoms with Gasteiger partial charge in [0, 0.05) is 32.6 Å². The molecule has 0 bridgehead atoms. The molecule has 5 nitrogen and oxygen atoms in total. The van der Waals surface area contributed by atoms with E-state index in [-0.39, 0.29) is 17.7 Å². The number of benzene rings is 2. The van der Waals surface area contributed by atoms with Gasteiger partial charge in [-0.05, 0) is 29.7 Å². The molecule has 1 aliphatic rings. The van der Waals surface area contributed by atoms with Gasteiger partial charge >= 0.3 is 0 Å². The summed E-state index contributed by atoms with van der Waals surface area (Å²) in [5, 5.41) is 18.8. The molecule has 26 heavy (non-hydrogen) atoms. The lowest BCUT2D eigenvalue weighted by atomic mass is 10.1. The van der Waals surface area contributed by atoms with Crippen LogP contribution in [0.1, 0.15) is 17.5 Å². The number of piperazine rings is 1. The topological polar surface area (TPSA) is 67.6 Å².